The molecule has 0 aliphatic carbocycles. The predicted molar refractivity (Wildman–Crippen MR) is 89.3 cm³/mol. The highest BCUT2D eigenvalue weighted by atomic mass is 16.7. The van der Waals surface area contributed by atoms with Crippen molar-refractivity contribution in [3.63, 3.8) is 0 Å². The van der Waals surface area contributed by atoms with Gasteiger partial charge in [0.05, 0.1) is 25.8 Å². The van der Waals surface area contributed by atoms with E-state index in [1.807, 2.05) is 0 Å². The number of nitrogens with zero attached hydrogens (tertiary/aromatic N) is 6. The van der Waals surface area contributed by atoms with Crippen LogP contribution in [0.2, 0.25) is 0 Å². The van der Waals surface area contributed by atoms with Crippen LogP contribution in [0, 0.1) is 0 Å². The maximum atomic E-state index is 11.5. The Balaban J connectivity index is 3.10. The first-order chi connectivity index (χ1) is 13.3. The van der Waals surface area contributed by atoms with Crippen LogP contribution in [-0.2, 0) is 38.1 Å². The quantitative estimate of drug-likeness (QED) is 0.180. The Hall–Kier alpha value is -3.05. The summed E-state index contributed by atoms with van der Waals surface area (Å²) in [6, 6.07) is 0. The van der Waals surface area contributed by atoms with Crippen molar-refractivity contribution >= 4 is 17.9 Å². The van der Waals surface area contributed by atoms with E-state index in [1.54, 1.807) is 0 Å². The van der Waals surface area contributed by atoms with Crippen molar-refractivity contribution < 1.29 is 38.1 Å². The van der Waals surface area contributed by atoms with Crippen molar-refractivity contribution in [1.29, 1.82) is 0 Å². The molecule has 0 radical (unpaired) electrons. The van der Waals surface area contributed by atoms with E-state index in [0.29, 0.717) is 0 Å². The van der Waals surface area contributed by atoms with E-state index in [4.69, 9.17) is 34.7 Å². The molecule has 1 fully saturated rings. The van der Waals surface area contributed by atoms with Crippen LogP contribution < -0.4 is 0 Å². The van der Waals surface area contributed by atoms with Gasteiger partial charge in [-0.1, -0.05) is 10.2 Å². The first-order valence-electron chi connectivity index (χ1n) is 8.08. The molecule has 4 atom stereocenters. The fraction of sp³-hybridized carbons (Fsp3) is 0.786. The standard InChI is InChI=1S/C14H20N6O8/c1-7(21)25-11-6-24-14(28-10(4-17-19-15)5-18-20-16)13(27-9(3)23)12(11)26-8(2)22/h10-14H,4-6H2,1-3H3/t11-,12+,13-,14+/m1/s1. The monoisotopic (exact) mass is 400 g/mol. The third-order valence-electron chi connectivity index (χ3n) is 3.33. The molecule has 1 rings (SSSR count). The Kier molecular flexibility index (Phi) is 9.54. The van der Waals surface area contributed by atoms with Gasteiger partial charge in [-0.05, 0) is 11.1 Å². The maximum absolute atomic E-state index is 11.5. The topological polar surface area (TPSA) is 195 Å². The van der Waals surface area contributed by atoms with Gasteiger partial charge in [-0.2, -0.15) is 0 Å². The minimum absolute atomic E-state index is 0.201. The third kappa shape index (κ3) is 7.68. The average molecular weight is 400 g/mol. The molecule has 0 unspecified atom stereocenters. The van der Waals surface area contributed by atoms with Crippen LogP contribution in [-0.4, -0.2) is 68.3 Å². The van der Waals surface area contributed by atoms with Crippen molar-refractivity contribution in [2.75, 3.05) is 19.7 Å². The van der Waals surface area contributed by atoms with Crippen molar-refractivity contribution in [2.24, 2.45) is 10.2 Å². The van der Waals surface area contributed by atoms with Gasteiger partial charge in [0.1, 0.15) is 0 Å². The lowest BCUT2D eigenvalue weighted by Gasteiger charge is -2.41. The molecular weight excluding hydrogens is 380 g/mol. The van der Waals surface area contributed by atoms with E-state index >= 15 is 0 Å². The van der Waals surface area contributed by atoms with Gasteiger partial charge in [0.15, 0.2) is 24.6 Å². The summed E-state index contributed by atoms with van der Waals surface area (Å²) in [4.78, 5) is 39.5. The molecule has 0 aromatic heterocycles. The van der Waals surface area contributed by atoms with Crippen LogP contribution in [0.5, 0.6) is 0 Å². The minimum Gasteiger partial charge on any atom is -0.456 e. The van der Waals surface area contributed by atoms with E-state index in [1.165, 1.54) is 0 Å². The SMILES string of the molecule is CC(=O)O[C@@H]1[C@@H](OC(C)=O)[C@H](OC(CN=[N+]=[N-])CN=[N+]=[N-])OC[C@H]1OC(C)=O. The smallest absolute Gasteiger partial charge is 0.303 e. The van der Waals surface area contributed by atoms with Crippen LogP contribution in [0.3, 0.4) is 0 Å². The molecule has 0 amide bonds. The number of esters is 3. The van der Waals surface area contributed by atoms with Crippen LogP contribution in [0.1, 0.15) is 20.8 Å². The molecule has 0 spiro atoms. The highest BCUT2D eigenvalue weighted by Gasteiger charge is 2.48. The first-order valence-corrected chi connectivity index (χ1v) is 8.08. The number of rotatable bonds is 9. The molecule has 154 valence electrons. The fourth-order valence-electron chi connectivity index (χ4n) is 2.41. The van der Waals surface area contributed by atoms with Gasteiger partial charge in [0, 0.05) is 30.6 Å². The van der Waals surface area contributed by atoms with Gasteiger partial charge in [-0.3, -0.25) is 14.4 Å². The molecule has 1 heterocycles. The fourth-order valence-corrected chi connectivity index (χ4v) is 2.41. The lowest BCUT2D eigenvalue weighted by molar-refractivity contribution is -0.289. The Morgan fingerprint density at radius 1 is 0.964 bits per heavy atom. The van der Waals surface area contributed by atoms with Gasteiger partial charge in [-0.15, -0.1) is 0 Å². The van der Waals surface area contributed by atoms with Crippen LogP contribution in [0.15, 0.2) is 10.2 Å². The normalized spacial score (nSPS) is 24.7. The molecule has 1 aliphatic heterocycles. The number of hydrogen-bond donors (Lipinski definition) is 0. The molecule has 0 aromatic carbocycles. The van der Waals surface area contributed by atoms with Crippen molar-refractivity contribution in [3.8, 4) is 0 Å². The highest BCUT2D eigenvalue weighted by Crippen LogP contribution is 2.26. The molecule has 14 heteroatoms. The van der Waals surface area contributed by atoms with Crippen LogP contribution in [0.4, 0.5) is 0 Å². The molecule has 1 aliphatic rings. The van der Waals surface area contributed by atoms with Crippen LogP contribution >= 0.6 is 0 Å². The third-order valence-corrected chi connectivity index (χ3v) is 3.33. The summed E-state index contributed by atoms with van der Waals surface area (Å²) in [6.07, 6.45) is -5.72. The molecule has 0 aromatic rings. The molecule has 1 saturated heterocycles. The van der Waals surface area contributed by atoms with Crippen molar-refractivity contribution in [1.82, 2.24) is 0 Å². The van der Waals surface area contributed by atoms with Gasteiger partial charge in [0.2, 0.25) is 0 Å². The minimum atomic E-state index is -1.29. The van der Waals surface area contributed by atoms with E-state index in [2.05, 4.69) is 20.1 Å². The second-order valence-electron chi connectivity index (χ2n) is 5.58. The molecule has 0 N–H and O–H groups in total. The zero-order valence-corrected chi connectivity index (χ0v) is 15.5. The number of azide groups is 2. The van der Waals surface area contributed by atoms with Crippen molar-refractivity contribution in [2.45, 2.75) is 51.5 Å². The summed E-state index contributed by atoms with van der Waals surface area (Å²) in [5.41, 5.74) is 16.9. The van der Waals surface area contributed by atoms with Crippen LogP contribution in [0.25, 0.3) is 20.9 Å². The summed E-state index contributed by atoms with van der Waals surface area (Å²) < 4.78 is 26.5. The Morgan fingerprint density at radius 3 is 1.93 bits per heavy atom. The lowest BCUT2D eigenvalue weighted by Crippen LogP contribution is -2.58. The molecule has 0 bridgehead atoms. The molecule has 28 heavy (non-hydrogen) atoms. The van der Waals surface area contributed by atoms with Gasteiger partial charge in [0.25, 0.3) is 0 Å². The van der Waals surface area contributed by atoms with E-state index in [9.17, 15) is 14.4 Å². The number of ether oxygens (including phenoxy) is 5. The van der Waals surface area contributed by atoms with Gasteiger partial charge < -0.3 is 23.7 Å². The lowest BCUT2D eigenvalue weighted by atomic mass is 10.0. The maximum Gasteiger partial charge on any atom is 0.303 e. The average Bonchev–Trinajstić information content (AvgIpc) is 2.60. The molecular formula is C14H20N6O8. The number of carbonyl (C=O) groups excluding carboxylic acids is 3. The zero-order valence-electron chi connectivity index (χ0n) is 15.5. The summed E-state index contributed by atoms with van der Waals surface area (Å²) in [5, 5.41) is 6.70. The number of carbonyl (C=O) groups is 3. The molecule has 0 saturated carbocycles. The van der Waals surface area contributed by atoms with E-state index in [0.717, 1.165) is 20.8 Å². The first kappa shape index (κ1) is 23.0. The summed E-state index contributed by atoms with van der Waals surface area (Å²) in [6.45, 7) is 2.78. The second-order valence-corrected chi connectivity index (χ2v) is 5.58. The van der Waals surface area contributed by atoms with Crippen molar-refractivity contribution in [3.05, 3.63) is 20.9 Å². The molecule has 14 nitrogen and oxygen atoms in total. The van der Waals surface area contributed by atoms with E-state index < -0.39 is 48.6 Å². The predicted octanol–water partition coefficient (Wildman–Crippen LogP) is 1.14. The van der Waals surface area contributed by atoms with Gasteiger partial charge in [-0.25, -0.2) is 0 Å². The Bertz CT molecular complexity index is 655. The van der Waals surface area contributed by atoms with Gasteiger partial charge >= 0.3 is 17.9 Å². The highest BCUT2D eigenvalue weighted by molar-refractivity contribution is 5.68. The summed E-state index contributed by atoms with van der Waals surface area (Å²) >= 11 is 0. The Labute approximate surface area is 159 Å². The summed E-state index contributed by atoms with van der Waals surface area (Å²) in [7, 11) is 0. The number of hydrogen-bond acceptors (Lipinski definition) is 10. The van der Waals surface area contributed by atoms with E-state index in [-0.39, 0.29) is 19.7 Å². The summed E-state index contributed by atoms with van der Waals surface area (Å²) in [5.74, 6) is -2.10. The largest absolute Gasteiger partial charge is 0.456 e. The zero-order chi connectivity index (χ0) is 21.1. The second kappa shape index (κ2) is 11.6. The Morgan fingerprint density at radius 2 is 1.46 bits per heavy atom.